The minimum atomic E-state index is -3.34. The summed E-state index contributed by atoms with van der Waals surface area (Å²) >= 11 is 5.97. The molecule has 1 aromatic heterocycles. The predicted molar refractivity (Wildman–Crippen MR) is 97.5 cm³/mol. The molecule has 8 heteroatoms. The molecule has 134 valence electrons. The van der Waals surface area contributed by atoms with E-state index in [1.807, 2.05) is 0 Å². The van der Waals surface area contributed by atoms with Crippen molar-refractivity contribution in [2.75, 3.05) is 11.2 Å². The second kappa shape index (κ2) is 6.23. The molecule has 2 aliphatic rings. The molecule has 1 aliphatic heterocycles. The first kappa shape index (κ1) is 17.3. The molecule has 1 unspecified atom stereocenters. The molecule has 0 radical (unpaired) electrons. The van der Waals surface area contributed by atoms with Crippen LogP contribution in [0.4, 0.5) is 5.69 Å². The number of halogens is 1. The first-order valence-corrected chi connectivity index (χ1v) is 10.5. The quantitative estimate of drug-likeness (QED) is 0.874. The maximum absolute atomic E-state index is 12.8. The number of carbonyl (C=O) groups is 1. The van der Waals surface area contributed by atoms with Crippen molar-refractivity contribution in [2.45, 2.75) is 31.8 Å². The zero-order valence-electron chi connectivity index (χ0n) is 14.0. The molecule has 1 amide bonds. The standard InChI is InChI=1S/C18H16ClN3O3S/c1-26(24,25)21-16-4-2-3-14-15(16)8-20-9-17(14)22-10-11-7-12(19)5-6-13(11)18(22)23/h7-9,16,21H,2-4,10H2,1H3. The topological polar surface area (TPSA) is 79.4 Å². The number of amides is 1. The summed E-state index contributed by atoms with van der Waals surface area (Å²) in [6, 6.07) is 6.96. The van der Waals surface area contributed by atoms with Crippen LogP contribution in [-0.4, -0.2) is 25.6 Å². The van der Waals surface area contributed by atoms with Crippen molar-refractivity contribution in [3.05, 3.63) is 57.9 Å². The van der Waals surface area contributed by atoms with Crippen molar-refractivity contribution in [3.8, 4) is 0 Å². The highest BCUT2D eigenvalue weighted by Gasteiger charge is 2.33. The van der Waals surface area contributed by atoms with E-state index in [1.54, 1.807) is 23.4 Å². The molecule has 0 saturated carbocycles. The lowest BCUT2D eigenvalue weighted by Crippen LogP contribution is -2.32. The van der Waals surface area contributed by atoms with Crippen LogP contribution in [0.2, 0.25) is 5.02 Å². The molecule has 1 aromatic carbocycles. The Kier molecular flexibility index (Phi) is 4.14. The molecule has 4 rings (SSSR count). The molecule has 26 heavy (non-hydrogen) atoms. The number of hydrogen-bond donors (Lipinski definition) is 1. The fraction of sp³-hybridized carbons (Fsp3) is 0.333. The Morgan fingerprint density at radius 3 is 2.92 bits per heavy atom. The van der Waals surface area contributed by atoms with Gasteiger partial charge in [0.05, 0.1) is 35.3 Å². The summed E-state index contributed by atoms with van der Waals surface area (Å²) < 4.78 is 26.0. The second-order valence-corrected chi connectivity index (χ2v) is 8.78. The van der Waals surface area contributed by atoms with E-state index in [0.717, 1.165) is 35.8 Å². The smallest absolute Gasteiger partial charge is 0.267 e. The molecule has 1 atom stereocenters. The summed E-state index contributed by atoms with van der Waals surface area (Å²) in [5.74, 6) is -0.165. The van der Waals surface area contributed by atoms with Crippen LogP contribution in [0.1, 0.15) is 45.9 Å². The van der Waals surface area contributed by atoms with Gasteiger partial charge in [-0.15, -0.1) is 0 Å². The monoisotopic (exact) mass is 389 g/mol. The first-order valence-electron chi connectivity index (χ1n) is 8.22. The SMILES string of the molecule is CS(=O)(=O)NC1CCCc2c1cncc2N1Cc2cc(Cl)c#cc2C1=O. The lowest BCUT2D eigenvalue weighted by Gasteiger charge is -2.29. The lowest BCUT2D eigenvalue weighted by molar-refractivity contribution is 0.0996. The van der Waals surface area contributed by atoms with Gasteiger partial charge in [0.15, 0.2) is 0 Å². The molecule has 2 aromatic rings. The third-order valence-corrected chi connectivity index (χ3v) is 5.64. The Labute approximate surface area is 157 Å². The average molecular weight is 390 g/mol. The van der Waals surface area contributed by atoms with E-state index in [1.165, 1.54) is 0 Å². The molecule has 0 fully saturated rings. The molecule has 6 nitrogen and oxygen atoms in total. The van der Waals surface area contributed by atoms with Crippen LogP contribution in [0.3, 0.4) is 0 Å². The van der Waals surface area contributed by atoms with E-state index >= 15 is 0 Å². The fourth-order valence-electron chi connectivity index (χ4n) is 3.67. The van der Waals surface area contributed by atoms with Gasteiger partial charge in [0.25, 0.3) is 5.91 Å². The van der Waals surface area contributed by atoms with Crippen LogP contribution < -0.4 is 9.62 Å². The number of nitrogens with zero attached hydrogens (tertiary/aromatic N) is 2. The minimum Gasteiger partial charge on any atom is -0.301 e. The number of fused-ring (bicyclic) bond motifs is 2. The van der Waals surface area contributed by atoms with Crippen molar-refractivity contribution < 1.29 is 13.2 Å². The highest BCUT2D eigenvalue weighted by molar-refractivity contribution is 7.88. The first-order chi connectivity index (χ1) is 12.3. The van der Waals surface area contributed by atoms with Crippen molar-refractivity contribution in [1.29, 1.82) is 0 Å². The summed E-state index contributed by atoms with van der Waals surface area (Å²) in [5, 5.41) is 0.420. The fourth-order valence-corrected chi connectivity index (χ4v) is 4.61. The van der Waals surface area contributed by atoms with Crippen molar-refractivity contribution in [3.63, 3.8) is 0 Å². The second-order valence-electron chi connectivity index (χ2n) is 6.60. The molecule has 2 heterocycles. The maximum atomic E-state index is 12.8. The van der Waals surface area contributed by atoms with Crippen LogP contribution in [0.5, 0.6) is 0 Å². The summed E-state index contributed by atoms with van der Waals surface area (Å²) in [4.78, 5) is 18.7. The van der Waals surface area contributed by atoms with E-state index in [4.69, 9.17) is 11.6 Å². The van der Waals surface area contributed by atoms with Crippen LogP contribution in [0.15, 0.2) is 18.5 Å². The average Bonchev–Trinajstić information content (AvgIpc) is 2.89. The zero-order valence-corrected chi connectivity index (χ0v) is 15.6. The largest absolute Gasteiger partial charge is 0.301 e. The highest BCUT2D eigenvalue weighted by Crippen LogP contribution is 2.38. The van der Waals surface area contributed by atoms with Gasteiger partial charge < -0.3 is 4.90 Å². The van der Waals surface area contributed by atoms with Crippen LogP contribution >= 0.6 is 11.6 Å². The van der Waals surface area contributed by atoms with Gasteiger partial charge in [-0.05, 0) is 48.1 Å². The molecule has 1 aliphatic carbocycles. The molecular formula is C18H16ClN3O3S. The normalized spacial score (nSPS) is 19.1. The number of nitrogens with one attached hydrogen (secondary N) is 1. The molecule has 0 saturated heterocycles. The van der Waals surface area contributed by atoms with Gasteiger partial charge in [-0.1, -0.05) is 17.7 Å². The van der Waals surface area contributed by atoms with Gasteiger partial charge in [0.2, 0.25) is 10.0 Å². The van der Waals surface area contributed by atoms with E-state index in [9.17, 15) is 13.2 Å². The molecule has 0 spiro atoms. The van der Waals surface area contributed by atoms with Gasteiger partial charge in [0.1, 0.15) is 0 Å². The van der Waals surface area contributed by atoms with Gasteiger partial charge in [-0.3, -0.25) is 9.78 Å². The molecular weight excluding hydrogens is 374 g/mol. The Bertz CT molecular complexity index is 1010. The maximum Gasteiger partial charge on any atom is 0.267 e. The number of anilines is 1. The third kappa shape index (κ3) is 3.05. The number of rotatable bonds is 3. The van der Waals surface area contributed by atoms with E-state index in [2.05, 4.69) is 21.8 Å². The van der Waals surface area contributed by atoms with E-state index < -0.39 is 10.0 Å². The summed E-state index contributed by atoms with van der Waals surface area (Å²) in [6.07, 6.45) is 6.80. The van der Waals surface area contributed by atoms with Crippen molar-refractivity contribution >= 4 is 33.2 Å². The Morgan fingerprint density at radius 1 is 1.35 bits per heavy atom. The lowest BCUT2D eigenvalue weighted by atomic mass is 9.88. The van der Waals surface area contributed by atoms with Crippen LogP contribution in [-0.2, 0) is 23.0 Å². The van der Waals surface area contributed by atoms with Crippen molar-refractivity contribution in [2.24, 2.45) is 0 Å². The number of sulfonamides is 1. The number of hydrogen-bond acceptors (Lipinski definition) is 4. The Hall–Kier alpha value is -2.14. The van der Waals surface area contributed by atoms with E-state index in [0.29, 0.717) is 29.2 Å². The number of aromatic nitrogens is 1. The predicted octanol–water partition coefficient (Wildman–Crippen LogP) is 2.42. The van der Waals surface area contributed by atoms with Gasteiger partial charge in [-0.2, -0.15) is 0 Å². The Balaban J connectivity index is 1.74. The number of pyridine rings is 1. The van der Waals surface area contributed by atoms with Crippen LogP contribution in [0.25, 0.3) is 0 Å². The summed E-state index contributed by atoms with van der Waals surface area (Å²) in [6.45, 7) is 0.390. The third-order valence-electron chi connectivity index (χ3n) is 4.73. The van der Waals surface area contributed by atoms with E-state index in [-0.39, 0.29) is 11.9 Å². The van der Waals surface area contributed by atoms with Crippen LogP contribution in [0, 0.1) is 12.1 Å². The zero-order chi connectivity index (χ0) is 18.5. The minimum absolute atomic E-state index is 0.165. The Morgan fingerprint density at radius 2 is 2.15 bits per heavy atom. The van der Waals surface area contributed by atoms with Gasteiger partial charge >= 0.3 is 0 Å². The number of carbonyl (C=O) groups excluding carboxylic acids is 1. The molecule has 0 bridgehead atoms. The summed E-state index contributed by atoms with van der Waals surface area (Å²) in [7, 11) is -3.34. The van der Waals surface area contributed by atoms with Crippen molar-refractivity contribution in [1.82, 2.24) is 9.71 Å². The summed E-state index contributed by atoms with van der Waals surface area (Å²) in [5.41, 5.74) is 3.78. The molecule has 1 N–H and O–H groups in total. The van der Waals surface area contributed by atoms with Gasteiger partial charge in [-0.25, -0.2) is 13.1 Å². The highest BCUT2D eigenvalue weighted by atomic mass is 35.5. The van der Waals surface area contributed by atoms with Gasteiger partial charge in [0, 0.05) is 12.2 Å².